The van der Waals surface area contributed by atoms with Crippen LogP contribution in [0.15, 0.2) is 53.0 Å². The molecule has 9 heteroatoms. The van der Waals surface area contributed by atoms with Crippen molar-refractivity contribution in [3.05, 3.63) is 64.1 Å². The van der Waals surface area contributed by atoms with Crippen molar-refractivity contribution in [3.63, 3.8) is 0 Å². The molecule has 0 saturated carbocycles. The van der Waals surface area contributed by atoms with E-state index >= 15 is 0 Å². The van der Waals surface area contributed by atoms with Gasteiger partial charge in [-0.15, -0.1) is 0 Å². The number of nitrogens with zero attached hydrogens (tertiary/aromatic N) is 2. The Labute approximate surface area is 199 Å². The molecule has 0 spiro atoms. The van der Waals surface area contributed by atoms with E-state index in [2.05, 4.69) is 21.2 Å². The molecule has 0 radical (unpaired) electrons. The van der Waals surface area contributed by atoms with Gasteiger partial charge in [-0.1, -0.05) is 53.2 Å². The van der Waals surface area contributed by atoms with Crippen molar-refractivity contribution < 1.29 is 18.0 Å². The van der Waals surface area contributed by atoms with Gasteiger partial charge in [-0.25, -0.2) is 8.42 Å². The van der Waals surface area contributed by atoms with Crippen LogP contribution in [0, 0.1) is 0 Å². The summed E-state index contributed by atoms with van der Waals surface area (Å²) in [5, 5.41) is 2.74. The molecule has 7 nitrogen and oxygen atoms in total. The lowest BCUT2D eigenvalue weighted by molar-refractivity contribution is -0.139. The van der Waals surface area contributed by atoms with Crippen LogP contribution >= 0.6 is 15.9 Å². The van der Waals surface area contributed by atoms with Gasteiger partial charge in [0.1, 0.15) is 12.6 Å². The Bertz CT molecular complexity index is 1040. The van der Waals surface area contributed by atoms with E-state index in [1.54, 1.807) is 26.0 Å². The van der Waals surface area contributed by atoms with Crippen molar-refractivity contribution >= 4 is 43.5 Å². The molecule has 0 unspecified atom stereocenters. The molecule has 0 aromatic heterocycles. The third-order valence-corrected chi connectivity index (χ3v) is 6.76. The topological polar surface area (TPSA) is 86.8 Å². The molecule has 0 saturated heterocycles. The minimum absolute atomic E-state index is 0.178. The van der Waals surface area contributed by atoms with Crippen molar-refractivity contribution in [2.24, 2.45) is 0 Å². The molecule has 2 aromatic carbocycles. The van der Waals surface area contributed by atoms with Gasteiger partial charge in [0.2, 0.25) is 21.8 Å². The standard InChI is InChI=1S/C23H30BrN3O4S/c1-5-19-9-7-8-10-21(19)27(32(4,30)31)16-22(28)26(17(3)23(29)25-6-2)15-18-11-13-20(24)14-12-18/h7-14,17H,5-6,15-16H2,1-4H3,(H,25,29)/t17-/m0/s1. The number of amides is 2. The number of hydrogen-bond acceptors (Lipinski definition) is 4. The van der Waals surface area contributed by atoms with E-state index in [0.29, 0.717) is 18.7 Å². The van der Waals surface area contributed by atoms with E-state index in [1.165, 1.54) is 4.90 Å². The van der Waals surface area contributed by atoms with Gasteiger partial charge in [-0.05, 0) is 49.6 Å². The van der Waals surface area contributed by atoms with E-state index in [-0.39, 0.29) is 12.5 Å². The second kappa shape index (κ2) is 11.5. The molecule has 2 rings (SSSR count). The van der Waals surface area contributed by atoms with Crippen LogP contribution in [0.2, 0.25) is 0 Å². The summed E-state index contributed by atoms with van der Waals surface area (Å²) in [6.45, 7) is 5.60. The number of likely N-dealkylation sites (N-methyl/N-ethyl adjacent to an activating group) is 1. The fourth-order valence-electron chi connectivity index (χ4n) is 3.34. The van der Waals surface area contributed by atoms with Gasteiger partial charge >= 0.3 is 0 Å². The van der Waals surface area contributed by atoms with Gasteiger partial charge in [0.05, 0.1) is 11.9 Å². The summed E-state index contributed by atoms with van der Waals surface area (Å²) in [6, 6.07) is 13.8. The number of rotatable bonds is 10. The largest absolute Gasteiger partial charge is 0.355 e. The fourth-order valence-corrected chi connectivity index (χ4v) is 4.48. The number of carbonyl (C=O) groups is 2. The number of hydrogen-bond donors (Lipinski definition) is 1. The zero-order chi connectivity index (χ0) is 23.9. The minimum atomic E-state index is -3.73. The lowest BCUT2D eigenvalue weighted by Gasteiger charge is -2.32. The maximum Gasteiger partial charge on any atom is 0.244 e. The molecule has 1 N–H and O–H groups in total. The highest BCUT2D eigenvalue weighted by atomic mass is 79.9. The number of nitrogens with one attached hydrogen (secondary N) is 1. The first kappa shape index (κ1) is 25.9. The maximum atomic E-state index is 13.4. The van der Waals surface area contributed by atoms with Crippen LogP contribution in [0.1, 0.15) is 31.9 Å². The first-order valence-corrected chi connectivity index (χ1v) is 13.1. The zero-order valence-electron chi connectivity index (χ0n) is 18.8. The van der Waals surface area contributed by atoms with Gasteiger partial charge in [0.15, 0.2) is 0 Å². The molecule has 0 fully saturated rings. The Morgan fingerprint density at radius 3 is 2.25 bits per heavy atom. The minimum Gasteiger partial charge on any atom is -0.355 e. The quantitative estimate of drug-likeness (QED) is 0.517. The van der Waals surface area contributed by atoms with E-state index in [1.807, 2.05) is 43.3 Å². The van der Waals surface area contributed by atoms with Crippen LogP contribution in [0.3, 0.4) is 0 Å². The number of halogens is 1. The molecule has 0 bridgehead atoms. The average Bonchev–Trinajstić information content (AvgIpc) is 2.75. The summed E-state index contributed by atoms with van der Waals surface area (Å²) in [7, 11) is -3.73. The normalized spacial score (nSPS) is 12.2. The second-order valence-corrected chi connectivity index (χ2v) is 10.3. The Hall–Kier alpha value is -2.39. The van der Waals surface area contributed by atoms with Crippen LogP contribution in [0.4, 0.5) is 5.69 Å². The molecule has 2 aromatic rings. The summed E-state index contributed by atoms with van der Waals surface area (Å²) in [6.07, 6.45) is 1.70. The zero-order valence-corrected chi connectivity index (χ0v) is 21.2. The number of aryl methyl sites for hydroxylation is 1. The van der Waals surface area contributed by atoms with Crippen LogP contribution in [0.25, 0.3) is 0 Å². The predicted molar refractivity (Wildman–Crippen MR) is 131 cm³/mol. The molecule has 0 heterocycles. The van der Waals surface area contributed by atoms with Crippen molar-refractivity contribution in [1.82, 2.24) is 10.2 Å². The highest BCUT2D eigenvalue weighted by Gasteiger charge is 2.30. The summed E-state index contributed by atoms with van der Waals surface area (Å²) in [4.78, 5) is 27.4. The van der Waals surface area contributed by atoms with Crippen LogP contribution < -0.4 is 9.62 Å². The van der Waals surface area contributed by atoms with Gasteiger partial charge in [0, 0.05) is 17.6 Å². The molecule has 174 valence electrons. The molecule has 32 heavy (non-hydrogen) atoms. The van der Waals surface area contributed by atoms with Crippen LogP contribution in [-0.4, -0.2) is 50.5 Å². The number of para-hydroxylation sites is 1. The first-order valence-electron chi connectivity index (χ1n) is 10.5. The van der Waals surface area contributed by atoms with E-state index in [4.69, 9.17) is 0 Å². The highest BCUT2D eigenvalue weighted by molar-refractivity contribution is 9.10. The number of carbonyl (C=O) groups excluding carboxylic acids is 2. The molecule has 0 aliphatic heterocycles. The van der Waals surface area contributed by atoms with Gasteiger partial charge in [0.25, 0.3) is 0 Å². The Balaban J connectivity index is 2.41. The molecular weight excluding hydrogens is 494 g/mol. The van der Waals surface area contributed by atoms with Crippen molar-refractivity contribution in [1.29, 1.82) is 0 Å². The van der Waals surface area contributed by atoms with E-state index < -0.39 is 28.5 Å². The Morgan fingerprint density at radius 2 is 1.69 bits per heavy atom. The molecular formula is C23H30BrN3O4S. The number of benzene rings is 2. The van der Waals surface area contributed by atoms with Crippen LogP contribution in [-0.2, 0) is 32.6 Å². The lowest BCUT2D eigenvalue weighted by atomic mass is 10.1. The summed E-state index contributed by atoms with van der Waals surface area (Å²) >= 11 is 3.39. The first-order chi connectivity index (χ1) is 15.1. The summed E-state index contributed by atoms with van der Waals surface area (Å²) < 4.78 is 27.3. The fraction of sp³-hybridized carbons (Fsp3) is 0.391. The van der Waals surface area contributed by atoms with Crippen LogP contribution in [0.5, 0.6) is 0 Å². The Morgan fingerprint density at radius 1 is 1.06 bits per heavy atom. The van der Waals surface area contributed by atoms with Crippen molar-refractivity contribution in [2.45, 2.75) is 39.8 Å². The van der Waals surface area contributed by atoms with E-state index in [9.17, 15) is 18.0 Å². The van der Waals surface area contributed by atoms with Crippen molar-refractivity contribution in [2.75, 3.05) is 23.7 Å². The monoisotopic (exact) mass is 523 g/mol. The Kier molecular flexibility index (Phi) is 9.27. The molecule has 0 aliphatic rings. The average molecular weight is 524 g/mol. The molecule has 2 amide bonds. The predicted octanol–water partition coefficient (Wildman–Crippen LogP) is 3.33. The number of anilines is 1. The summed E-state index contributed by atoms with van der Waals surface area (Å²) in [5.74, 6) is -0.749. The number of sulfonamides is 1. The third kappa shape index (κ3) is 6.80. The SMILES string of the molecule is CCNC(=O)[C@H](C)N(Cc1ccc(Br)cc1)C(=O)CN(c1ccccc1CC)S(C)(=O)=O. The lowest BCUT2D eigenvalue weighted by Crippen LogP contribution is -2.51. The second-order valence-electron chi connectivity index (χ2n) is 7.47. The van der Waals surface area contributed by atoms with Gasteiger partial charge < -0.3 is 10.2 Å². The molecule has 1 atom stereocenters. The summed E-state index contributed by atoms with van der Waals surface area (Å²) in [5.41, 5.74) is 2.12. The molecule has 0 aliphatic carbocycles. The third-order valence-electron chi connectivity index (χ3n) is 5.10. The highest BCUT2D eigenvalue weighted by Crippen LogP contribution is 2.24. The van der Waals surface area contributed by atoms with E-state index in [0.717, 1.165) is 26.2 Å². The van der Waals surface area contributed by atoms with Crippen molar-refractivity contribution in [3.8, 4) is 0 Å². The smallest absolute Gasteiger partial charge is 0.244 e. The maximum absolute atomic E-state index is 13.4. The van der Waals surface area contributed by atoms with Gasteiger partial charge in [-0.2, -0.15) is 0 Å². The van der Waals surface area contributed by atoms with Gasteiger partial charge in [-0.3, -0.25) is 13.9 Å².